The van der Waals surface area contributed by atoms with Crippen molar-refractivity contribution in [3.63, 3.8) is 0 Å². The van der Waals surface area contributed by atoms with Crippen LogP contribution in [0.2, 0.25) is 0 Å². The number of nitroso groups, excluding NO2 is 1. The Hall–Kier alpha value is -3.90. The molecule has 0 spiro atoms. The van der Waals surface area contributed by atoms with Crippen LogP contribution in [0.1, 0.15) is 60.6 Å². The maximum Gasteiger partial charge on any atom is 0.412 e. The number of aromatic amines is 1. The van der Waals surface area contributed by atoms with E-state index in [0.29, 0.717) is 36.3 Å². The Morgan fingerprint density at radius 2 is 1.92 bits per heavy atom. The lowest BCUT2D eigenvalue weighted by molar-refractivity contribution is -0.167. The van der Waals surface area contributed by atoms with Crippen LogP contribution in [0.5, 0.6) is 0 Å². The number of likely N-dealkylation sites (N-methyl/N-ethyl adjacent to an activating group) is 2. The SMILES string of the molecule is C/C(=C\c1[nH]c(C)c(C=O)c1C)c1cc(F)ccc1N=O.CCN(CCNC)C(=O)OC(C)OC(=O)C(C)N. The van der Waals surface area contributed by atoms with Gasteiger partial charge in [-0.1, -0.05) is 0 Å². The fourth-order valence-corrected chi connectivity index (χ4v) is 3.45. The van der Waals surface area contributed by atoms with Crippen LogP contribution in [0.3, 0.4) is 0 Å². The Morgan fingerprint density at radius 3 is 2.44 bits per heavy atom. The first-order chi connectivity index (χ1) is 18.4. The first-order valence-corrected chi connectivity index (χ1v) is 12.4. The van der Waals surface area contributed by atoms with Crippen LogP contribution in [0.15, 0.2) is 23.4 Å². The second kappa shape index (κ2) is 16.1. The zero-order chi connectivity index (χ0) is 29.7. The number of rotatable bonds is 11. The second-order valence-electron chi connectivity index (χ2n) is 8.76. The van der Waals surface area contributed by atoms with Crippen LogP contribution in [-0.2, 0) is 14.3 Å². The van der Waals surface area contributed by atoms with Gasteiger partial charge in [0.05, 0.1) is 0 Å². The van der Waals surface area contributed by atoms with Gasteiger partial charge in [0.2, 0.25) is 6.29 Å². The average Bonchev–Trinajstić information content (AvgIpc) is 3.15. The topological polar surface area (TPSA) is 156 Å². The maximum atomic E-state index is 13.4. The van der Waals surface area contributed by atoms with Gasteiger partial charge >= 0.3 is 12.1 Å². The molecule has 2 rings (SSSR count). The summed E-state index contributed by atoms with van der Waals surface area (Å²) in [5, 5.41) is 5.85. The Bertz CT molecular complexity index is 1180. The molecule has 0 bridgehead atoms. The quantitative estimate of drug-likeness (QED) is 0.161. The van der Waals surface area contributed by atoms with Crippen LogP contribution in [-0.4, -0.2) is 67.2 Å². The monoisotopic (exact) mass is 547 g/mol. The zero-order valence-electron chi connectivity index (χ0n) is 23.5. The van der Waals surface area contributed by atoms with E-state index in [0.717, 1.165) is 23.2 Å². The molecule has 214 valence electrons. The highest BCUT2D eigenvalue weighted by molar-refractivity contribution is 5.88. The van der Waals surface area contributed by atoms with E-state index in [9.17, 15) is 23.7 Å². The number of allylic oxidation sites excluding steroid dienone is 1. The lowest BCUT2D eigenvalue weighted by Gasteiger charge is -2.23. The number of amides is 1. The molecule has 11 nitrogen and oxygen atoms in total. The van der Waals surface area contributed by atoms with Gasteiger partial charge in [-0.25, -0.2) is 9.18 Å². The number of esters is 1. The van der Waals surface area contributed by atoms with Gasteiger partial charge in [0.1, 0.15) is 17.5 Å². The summed E-state index contributed by atoms with van der Waals surface area (Å²) in [5.41, 5.74) is 9.60. The molecule has 2 unspecified atom stereocenters. The Morgan fingerprint density at radius 1 is 1.26 bits per heavy atom. The van der Waals surface area contributed by atoms with Crippen LogP contribution in [0.4, 0.5) is 14.9 Å². The number of hydrogen-bond donors (Lipinski definition) is 3. The molecule has 39 heavy (non-hydrogen) atoms. The highest BCUT2D eigenvalue weighted by Gasteiger charge is 2.20. The van der Waals surface area contributed by atoms with Crippen molar-refractivity contribution in [2.45, 2.75) is 53.9 Å². The Labute approximate surface area is 227 Å². The largest absolute Gasteiger partial charge is 0.424 e. The van der Waals surface area contributed by atoms with E-state index in [1.54, 1.807) is 20.0 Å². The molecular formula is C27H38FN5O6. The van der Waals surface area contributed by atoms with Gasteiger partial charge < -0.3 is 30.4 Å². The summed E-state index contributed by atoms with van der Waals surface area (Å²) in [4.78, 5) is 49.3. The third kappa shape index (κ3) is 10.1. The van der Waals surface area contributed by atoms with Crippen molar-refractivity contribution >= 4 is 35.7 Å². The van der Waals surface area contributed by atoms with E-state index < -0.39 is 30.2 Å². The maximum absolute atomic E-state index is 13.4. The number of aromatic nitrogens is 1. The molecule has 1 heterocycles. The number of nitrogens with zero attached hydrogens (tertiary/aromatic N) is 2. The van der Waals surface area contributed by atoms with E-state index in [-0.39, 0.29) is 5.69 Å². The molecule has 0 aliphatic rings. The predicted octanol–water partition coefficient (Wildman–Crippen LogP) is 4.44. The summed E-state index contributed by atoms with van der Waals surface area (Å²) >= 11 is 0. The minimum atomic E-state index is -0.945. The fourth-order valence-electron chi connectivity index (χ4n) is 3.45. The van der Waals surface area contributed by atoms with Crippen LogP contribution < -0.4 is 11.1 Å². The van der Waals surface area contributed by atoms with Gasteiger partial charge in [-0.05, 0) is 82.3 Å². The van der Waals surface area contributed by atoms with E-state index >= 15 is 0 Å². The van der Waals surface area contributed by atoms with E-state index in [4.69, 9.17) is 15.2 Å². The van der Waals surface area contributed by atoms with Crippen molar-refractivity contribution < 1.29 is 28.2 Å². The molecule has 1 aromatic carbocycles. The second-order valence-corrected chi connectivity index (χ2v) is 8.76. The number of carbonyl (C=O) groups is 3. The minimum Gasteiger partial charge on any atom is -0.424 e. The van der Waals surface area contributed by atoms with Crippen molar-refractivity contribution in [1.29, 1.82) is 0 Å². The van der Waals surface area contributed by atoms with E-state index in [1.165, 1.54) is 36.9 Å². The molecule has 1 aromatic heterocycles. The molecule has 1 amide bonds. The van der Waals surface area contributed by atoms with Crippen molar-refractivity contribution in [2.75, 3.05) is 26.7 Å². The first kappa shape index (κ1) is 33.1. The fraction of sp³-hybridized carbons (Fsp3) is 0.444. The summed E-state index contributed by atoms with van der Waals surface area (Å²) in [6.07, 6.45) is 1.12. The van der Waals surface area contributed by atoms with Crippen LogP contribution in [0.25, 0.3) is 11.6 Å². The van der Waals surface area contributed by atoms with Crippen molar-refractivity contribution in [2.24, 2.45) is 10.9 Å². The number of hydrogen-bond acceptors (Lipinski definition) is 9. The van der Waals surface area contributed by atoms with Gasteiger partial charge in [0, 0.05) is 49.1 Å². The smallest absolute Gasteiger partial charge is 0.412 e. The highest BCUT2D eigenvalue weighted by atomic mass is 19.1. The molecular weight excluding hydrogens is 509 g/mol. The molecule has 0 fully saturated rings. The third-order valence-electron chi connectivity index (χ3n) is 5.69. The number of aldehydes is 1. The molecule has 0 saturated heterocycles. The average molecular weight is 548 g/mol. The molecule has 0 aliphatic carbocycles. The molecule has 2 aromatic rings. The van der Waals surface area contributed by atoms with Gasteiger partial charge in [0.15, 0.2) is 6.29 Å². The third-order valence-corrected chi connectivity index (χ3v) is 5.69. The summed E-state index contributed by atoms with van der Waals surface area (Å²) < 4.78 is 23.2. The predicted molar refractivity (Wildman–Crippen MR) is 148 cm³/mol. The molecule has 0 aliphatic heterocycles. The summed E-state index contributed by atoms with van der Waals surface area (Å²) in [6.45, 7) is 11.9. The number of aryl methyl sites for hydroxylation is 1. The van der Waals surface area contributed by atoms with Gasteiger partial charge in [-0.2, -0.15) is 0 Å². The van der Waals surface area contributed by atoms with Crippen LogP contribution >= 0.6 is 0 Å². The molecule has 0 saturated carbocycles. The van der Waals surface area contributed by atoms with Crippen molar-refractivity contribution in [3.05, 3.63) is 57.0 Å². The molecule has 12 heteroatoms. The standard InChI is InChI=1S/C16H15FN2O2.C11H23N3O4/c1-9(13-7-12(17)4-5-15(13)19-21)6-16-10(2)14(8-20)11(3)18-16;1-5-14(7-6-13-4)11(16)18-9(3)17-10(15)8(2)12/h4-8,18H,1-3H3;8-9,13H,5-7,12H2,1-4H3/b9-6+;. The van der Waals surface area contributed by atoms with Crippen molar-refractivity contribution in [1.82, 2.24) is 15.2 Å². The zero-order valence-corrected chi connectivity index (χ0v) is 23.5. The van der Waals surface area contributed by atoms with E-state index in [1.807, 2.05) is 20.8 Å². The number of nitrogens with two attached hydrogens (primary N) is 1. The highest BCUT2D eigenvalue weighted by Crippen LogP contribution is 2.29. The lowest BCUT2D eigenvalue weighted by atomic mass is 10.0. The van der Waals surface area contributed by atoms with Gasteiger partial charge in [0.25, 0.3) is 0 Å². The molecule has 4 N–H and O–H groups in total. The van der Waals surface area contributed by atoms with E-state index in [2.05, 4.69) is 15.5 Å². The number of halogens is 1. The number of ether oxygens (including phenoxy) is 2. The van der Waals surface area contributed by atoms with Gasteiger partial charge in [-0.3, -0.25) is 9.59 Å². The molecule has 0 radical (unpaired) electrons. The van der Waals surface area contributed by atoms with Gasteiger partial charge in [-0.15, -0.1) is 4.91 Å². The number of benzene rings is 1. The minimum absolute atomic E-state index is 0.182. The summed E-state index contributed by atoms with van der Waals surface area (Å²) in [6, 6.07) is 3.08. The normalized spacial score (nSPS) is 12.5. The van der Waals surface area contributed by atoms with Crippen LogP contribution in [0, 0.1) is 24.6 Å². The summed E-state index contributed by atoms with van der Waals surface area (Å²) in [7, 11) is 1.80. The Kier molecular flexibility index (Phi) is 13.7. The molecule has 2 atom stereocenters. The first-order valence-electron chi connectivity index (χ1n) is 12.4. The van der Waals surface area contributed by atoms with Crippen molar-refractivity contribution in [3.8, 4) is 0 Å². The lowest BCUT2D eigenvalue weighted by Crippen LogP contribution is -2.39. The Balaban J connectivity index is 0.000000396. The summed E-state index contributed by atoms with van der Waals surface area (Å²) in [5.74, 6) is -1.04. The number of nitrogens with one attached hydrogen (secondary N) is 2. The number of H-pyrrole nitrogens is 1. The number of carbonyl (C=O) groups excluding carboxylic acids is 3.